The fraction of sp³-hybridized carbons (Fsp3) is 0.150. The van der Waals surface area contributed by atoms with Crippen LogP contribution in [0.5, 0.6) is 0 Å². The zero-order valence-electron chi connectivity index (χ0n) is 14.5. The van der Waals surface area contributed by atoms with Gasteiger partial charge >= 0.3 is 0 Å². The van der Waals surface area contributed by atoms with Gasteiger partial charge in [0.25, 0.3) is 0 Å². The van der Waals surface area contributed by atoms with E-state index in [-0.39, 0.29) is 5.82 Å². The van der Waals surface area contributed by atoms with Crippen LogP contribution in [0.25, 0.3) is 16.9 Å². The fourth-order valence-corrected chi connectivity index (χ4v) is 2.73. The van der Waals surface area contributed by atoms with Gasteiger partial charge in [-0.2, -0.15) is 5.10 Å². The molecule has 4 nitrogen and oxygen atoms in total. The predicted molar refractivity (Wildman–Crippen MR) is 100 cm³/mol. The molecule has 25 heavy (non-hydrogen) atoms. The monoisotopic (exact) mass is 334 g/mol. The number of rotatable bonds is 4. The minimum Gasteiger partial charge on any atom is -0.260 e. The van der Waals surface area contributed by atoms with Crippen LogP contribution < -0.4 is 0 Å². The third-order valence-corrected chi connectivity index (χ3v) is 4.01. The Balaban J connectivity index is 2.28. The van der Waals surface area contributed by atoms with Gasteiger partial charge < -0.3 is 0 Å². The summed E-state index contributed by atoms with van der Waals surface area (Å²) in [7, 11) is 0. The molecule has 5 heteroatoms. The minimum absolute atomic E-state index is 0.222. The van der Waals surface area contributed by atoms with E-state index in [0.717, 1.165) is 33.7 Å². The number of aromatic nitrogens is 3. The zero-order chi connectivity index (χ0) is 18.0. The average Bonchev–Trinajstić information content (AvgIpc) is 3.06. The summed E-state index contributed by atoms with van der Waals surface area (Å²) >= 11 is 0. The number of nitrogens with zero attached hydrogens (tertiary/aromatic N) is 4. The minimum atomic E-state index is -0.222. The van der Waals surface area contributed by atoms with Gasteiger partial charge in [0.2, 0.25) is 0 Å². The van der Waals surface area contributed by atoms with Gasteiger partial charge in [-0.25, -0.2) is 13.9 Å². The molecule has 1 aromatic carbocycles. The van der Waals surface area contributed by atoms with Crippen molar-refractivity contribution in [3.8, 4) is 0 Å². The normalized spacial score (nSPS) is 12.6. The lowest BCUT2D eigenvalue weighted by Gasteiger charge is -2.13. The number of hydrogen-bond acceptors (Lipinski definition) is 3. The second-order valence-corrected chi connectivity index (χ2v) is 5.72. The summed E-state index contributed by atoms with van der Waals surface area (Å²) in [5.74, 6) is -0.222. The highest BCUT2D eigenvalue weighted by Gasteiger charge is 2.14. The van der Waals surface area contributed by atoms with Crippen molar-refractivity contribution in [1.29, 1.82) is 0 Å². The molecule has 2 heterocycles. The maximum Gasteiger partial charge on any atom is 0.155 e. The number of aliphatic imine (C=N–C) groups is 1. The van der Waals surface area contributed by atoms with E-state index in [1.54, 1.807) is 29.9 Å². The lowest BCUT2D eigenvalue weighted by atomic mass is 9.97. The number of allylic oxidation sites excluding steroid dienone is 2. The SMILES string of the molecule is C=C/C(=C(\N=CC)c1cc(C)c(F)cc1C)c1ccn2nccc2n1. The fourth-order valence-electron chi connectivity index (χ4n) is 2.73. The van der Waals surface area contributed by atoms with Crippen molar-refractivity contribution in [1.82, 2.24) is 14.6 Å². The van der Waals surface area contributed by atoms with Crippen LogP contribution in [0.4, 0.5) is 4.39 Å². The first kappa shape index (κ1) is 16.8. The van der Waals surface area contributed by atoms with Gasteiger partial charge in [-0.15, -0.1) is 0 Å². The lowest BCUT2D eigenvalue weighted by molar-refractivity contribution is 0.617. The maximum atomic E-state index is 13.9. The summed E-state index contributed by atoms with van der Waals surface area (Å²) in [5, 5.41) is 4.16. The van der Waals surface area contributed by atoms with E-state index in [1.807, 2.05) is 38.2 Å². The summed E-state index contributed by atoms with van der Waals surface area (Å²) < 4.78 is 15.6. The number of benzene rings is 1. The summed E-state index contributed by atoms with van der Waals surface area (Å²) in [6.07, 6.45) is 6.99. The molecule has 0 unspecified atom stereocenters. The first-order valence-electron chi connectivity index (χ1n) is 7.98. The number of halogens is 1. The van der Waals surface area contributed by atoms with Crippen LogP contribution in [0.1, 0.15) is 29.3 Å². The molecule has 0 aliphatic rings. The van der Waals surface area contributed by atoms with Crippen molar-refractivity contribution in [2.45, 2.75) is 20.8 Å². The van der Waals surface area contributed by atoms with Crippen molar-refractivity contribution in [2.75, 3.05) is 0 Å². The molecule has 2 aromatic heterocycles. The summed E-state index contributed by atoms with van der Waals surface area (Å²) in [6.45, 7) is 9.40. The molecule has 0 radical (unpaired) electrons. The van der Waals surface area contributed by atoms with Gasteiger partial charge in [-0.3, -0.25) is 4.99 Å². The Morgan fingerprint density at radius 2 is 2.04 bits per heavy atom. The van der Waals surface area contributed by atoms with Gasteiger partial charge in [0, 0.05) is 29.6 Å². The lowest BCUT2D eigenvalue weighted by Crippen LogP contribution is -1.98. The van der Waals surface area contributed by atoms with Crippen LogP contribution in [-0.2, 0) is 0 Å². The van der Waals surface area contributed by atoms with Crippen molar-refractivity contribution in [3.63, 3.8) is 0 Å². The van der Waals surface area contributed by atoms with Crippen molar-refractivity contribution < 1.29 is 4.39 Å². The van der Waals surface area contributed by atoms with E-state index in [2.05, 4.69) is 21.7 Å². The Labute approximate surface area is 146 Å². The second-order valence-electron chi connectivity index (χ2n) is 5.72. The van der Waals surface area contributed by atoms with Crippen LogP contribution in [0.2, 0.25) is 0 Å². The predicted octanol–water partition coefficient (Wildman–Crippen LogP) is 4.63. The molecule has 0 N–H and O–H groups in total. The highest BCUT2D eigenvalue weighted by molar-refractivity contribution is 5.96. The smallest absolute Gasteiger partial charge is 0.155 e. The molecule has 3 aromatic rings. The molecule has 0 bridgehead atoms. The molecule has 0 amide bonds. The largest absolute Gasteiger partial charge is 0.260 e. The highest BCUT2D eigenvalue weighted by Crippen LogP contribution is 2.31. The molecule has 0 atom stereocenters. The molecule has 126 valence electrons. The molecular formula is C20H19FN4. The quantitative estimate of drug-likeness (QED) is 0.516. The Morgan fingerprint density at radius 1 is 1.24 bits per heavy atom. The van der Waals surface area contributed by atoms with Crippen LogP contribution in [0.3, 0.4) is 0 Å². The van der Waals surface area contributed by atoms with Gasteiger partial charge in [-0.1, -0.05) is 12.7 Å². The number of fused-ring (bicyclic) bond motifs is 1. The third-order valence-electron chi connectivity index (χ3n) is 4.01. The zero-order valence-corrected chi connectivity index (χ0v) is 14.5. The Bertz CT molecular complexity index is 1010. The molecular weight excluding hydrogens is 315 g/mol. The third kappa shape index (κ3) is 3.13. The first-order chi connectivity index (χ1) is 12.0. The number of hydrogen-bond donors (Lipinski definition) is 0. The van der Waals surface area contributed by atoms with E-state index in [0.29, 0.717) is 5.56 Å². The molecule has 0 fully saturated rings. The van der Waals surface area contributed by atoms with Gasteiger partial charge in [-0.05, 0) is 50.1 Å². The molecule has 3 rings (SSSR count). The van der Waals surface area contributed by atoms with Gasteiger partial charge in [0.1, 0.15) is 5.82 Å². The Kier molecular flexibility index (Phi) is 4.57. The Morgan fingerprint density at radius 3 is 2.76 bits per heavy atom. The highest BCUT2D eigenvalue weighted by atomic mass is 19.1. The summed E-state index contributed by atoms with van der Waals surface area (Å²) in [4.78, 5) is 9.17. The summed E-state index contributed by atoms with van der Waals surface area (Å²) in [5.41, 5.74) is 5.24. The summed E-state index contributed by atoms with van der Waals surface area (Å²) in [6, 6.07) is 7.05. The molecule has 0 aliphatic heterocycles. The number of aryl methyl sites for hydroxylation is 2. The van der Waals surface area contributed by atoms with Gasteiger partial charge in [0.15, 0.2) is 5.65 Å². The van der Waals surface area contributed by atoms with E-state index >= 15 is 0 Å². The van der Waals surface area contributed by atoms with Crippen LogP contribution in [0, 0.1) is 19.7 Å². The van der Waals surface area contributed by atoms with Crippen molar-refractivity contribution in [2.24, 2.45) is 4.99 Å². The van der Waals surface area contributed by atoms with Crippen molar-refractivity contribution >= 4 is 23.1 Å². The Hall–Kier alpha value is -3.08. The molecule has 0 spiro atoms. The standard InChI is InChI=1S/C20H19FN4/c1-5-15(18-8-10-25-19(24-18)7-9-23-25)20(22-6-2)16-11-14(4)17(21)12-13(16)3/h5-12H,1H2,2-4H3/b20-15+,22-6?. The van der Waals surface area contributed by atoms with E-state index < -0.39 is 0 Å². The molecule has 0 saturated carbocycles. The van der Waals surface area contributed by atoms with E-state index in [4.69, 9.17) is 0 Å². The van der Waals surface area contributed by atoms with Crippen LogP contribution in [0.15, 0.2) is 54.3 Å². The average molecular weight is 334 g/mol. The van der Waals surface area contributed by atoms with Crippen LogP contribution in [-0.4, -0.2) is 20.8 Å². The van der Waals surface area contributed by atoms with E-state index in [1.165, 1.54) is 6.07 Å². The topological polar surface area (TPSA) is 42.5 Å². The van der Waals surface area contributed by atoms with Gasteiger partial charge in [0.05, 0.1) is 17.6 Å². The second kappa shape index (κ2) is 6.81. The first-order valence-corrected chi connectivity index (χ1v) is 7.98. The molecule has 0 aliphatic carbocycles. The maximum absolute atomic E-state index is 13.9. The van der Waals surface area contributed by atoms with Crippen molar-refractivity contribution in [3.05, 3.63) is 77.5 Å². The molecule has 0 saturated heterocycles. The van der Waals surface area contributed by atoms with Crippen LogP contribution >= 0.6 is 0 Å². The van der Waals surface area contributed by atoms with E-state index in [9.17, 15) is 4.39 Å².